The molecule has 5 atom stereocenters. The third-order valence-corrected chi connectivity index (χ3v) is 17.4. The number of phosphoric ester groups is 2. The summed E-state index contributed by atoms with van der Waals surface area (Å²) in [6.45, 7) is 2.45. The van der Waals surface area contributed by atoms with Gasteiger partial charge in [0.25, 0.3) is 0 Å². The highest BCUT2D eigenvalue weighted by Crippen LogP contribution is 2.45. The van der Waals surface area contributed by atoms with Crippen LogP contribution in [0.15, 0.2) is 146 Å². The zero-order chi connectivity index (χ0) is 72.3. The highest BCUT2D eigenvalue weighted by atomic mass is 31.2. The molecule has 0 aromatic rings. The van der Waals surface area contributed by atoms with E-state index in [0.29, 0.717) is 19.3 Å². The third-order valence-electron chi connectivity index (χ3n) is 15.5. The normalized spacial score (nSPS) is 14.9. The maximum atomic E-state index is 13.0. The lowest BCUT2D eigenvalue weighted by Gasteiger charge is -2.21. The summed E-state index contributed by atoms with van der Waals surface area (Å²) in [5.41, 5.74) is 0. The van der Waals surface area contributed by atoms with E-state index >= 15 is 0 Å². The van der Waals surface area contributed by atoms with Gasteiger partial charge in [0.15, 0.2) is 6.10 Å². The lowest BCUT2D eigenvalue weighted by Crippen LogP contribution is -2.30. The van der Waals surface area contributed by atoms with Gasteiger partial charge < -0.3 is 34.2 Å². The van der Waals surface area contributed by atoms with Gasteiger partial charge in [0, 0.05) is 19.3 Å². The van der Waals surface area contributed by atoms with Gasteiger partial charge in [-0.25, -0.2) is 9.13 Å². The molecule has 99 heavy (non-hydrogen) atoms. The quantitative estimate of drug-likeness (QED) is 0.0146. The summed E-state index contributed by atoms with van der Waals surface area (Å²) in [5, 5.41) is 20.6. The summed E-state index contributed by atoms with van der Waals surface area (Å²) < 4.78 is 61.0. The number of rotatable bonds is 71. The first-order chi connectivity index (χ1) is 48.2. The van der Waals surface area contributed by atoms with Crippen molar-refractivity contribution >= 4 is 33.6 Å². The van der Waals surface area contributed by atoms with Crippen molar-refractivity contribution in [2.24, 2.45) is 0 Å². The Morgan fingerprint density at radius 3 is 0.848 bits per heavy atom. The highest BCUT2D eigenvalue weighted by Gasteiger charge is 2.29. The fourth-order valence-corrected chi connectivity index (χ4v) is 11.3. The van der Waals surface area contributed by atoms with Crippen molar-refractivity contribution < 1.29 is 75.8 Å². The van der Waals surface area contributed by atoms with Crippen LogP contribution in [0, 0.1) is 0 Å². The van der Waals surface area contributed by atoms with Crippen molar-refractivity contribution in [3.8, 4) is 0 Å². The van der Waals surface area contributed by atoms with Gasteiger partial charge in [0.2, 0.25) is 0 Å². The number of aliphatic hydroxyl groups is 2. The minimum atomic E-state index is -4.94. The van der Waals surface area contributed by atoms with Gasteiger partial charge in [-0.05, 0) is 148 Å². The van der Waals surface area contributed by atoms with Crippen LogP contribution < -0.4 is 0 Å². The number of esters is 3. The number of hydrogen-bond acceptors (Lipinski definition) is 14. The molecule has 0 bridgehead atoms. The predicted molar refractivity (Wildman–Crippen MR) is 408 cm³/mol. The van der Waals surface area contributed by atoms with E-state index in [1.807, 2.05) is 0 Å². The van der Waals surface area contributed by atoms with E-state index < -0.39 is 91.5 Å². The Balaban J connectivity index is 4.66. The topological polar surface area (TPSA) is 231 Å². The zero-order valence-electron chi connectivity index (χ0n) is 61.6. The lowest BCUT2D eigenvalue weighted by atomic mass is 10.1. The first-order valence-corrected chi connectivity index (χ1v) is 41.1. The molecule has 566 valence electrons. The number of phosphoric acid groups is 2. The van der Waals surface area contributed by atoms with Gasteiger partial charge in [-0.3, -0.25) is 32.5 Å². The molecule has 0 aromatic carbocycles. The van der Waals surface area contributed by atoms with Crippen LogP contribution in [0.2, 0.25) is 0 Å². The van der Waals surface area contributed by atoms with Crippen molar-refractivity contribution in [1.82, 2.24) is 0 Å². The van der Waals surface area contributed by atoms with Gasteiger partial charge in [0.05, 0.1) is 26.4 Å². The van der Waals surface area contributed by atoms with Gasteiger partial charge >= 0.3 is 33.6 Å². The van der Waals surface area contributed by atoms with Crippen LogP contribution in [-0.4, -0.2) is 95.9 Å². The summed E-state index contributed by atoms with van der Waals surface area (Å²) in [7, 11) is -9.81. The summed E-state index contributed by atoms with van der Waals surface area (Å²) in [4.78, 5) is 58.6. The Morgan fingerprint density at radius 2 is 0.535 bits per heavy atom. The molecular weight excluding hydrogens is 1290 g/mol. The van der Waals surface area contributed by atoms with Crippen LogP contribution in [0.5, 0.6) is 0 Å². The molecule has 0 aliphatic rings. The number of allylic oxidation sites excluding steroid dienone is 24. The van der Waals surface area contributed by atoms with Gasteiger partial charge in [-0.1, -0.05) is 269 Å². The maximum Gasteiger partial charge on any atom is 0.472 e. The minimum absolute atomic E-state index is 0.0778. The van der Waals surface area contributed by atoms with E-state index in [1.54, 1.807) is 0 Å². The van der Waals surface area contributed by atoms with Gasteiger partial charge in [-0.2, -0.15) is 0 Å². The Morgan fingerprint density at radius 1 is 0.293 bits per heavy atom. The van der Waals surface area contributed by atoms with Crippen LogP contribution in [0.1, 0.15) is 290 Å². The first kappa shape index (κ1) is 94.4. The van der Waals surface area contributed by atoms with Crippen LogP contribution in [0.25, 0.3) is 0 Å². The minimum Gasteiger partial charge on any atom is -0.463 e. The number of ether oxygens (including phenoxy) is 3. The SMILES string of the molecule is CC/C=C\C/C=C\C/C=C\C/C=C\C/C=C\C/C=C\CCCCCCC(=O)OCC(COP(=O)(O)OCC(O)COP(=O)(O)OCC(O)COC(=O)CCCCCCCCCCC/C=C\C/C=C\C/C=C\C/C=C\CCCCC)OC(=O)CCCCCCC/C=C\C/C=C\CCCCC. The zero-order valence-corrected chi connectivity index (χ0v) is 63.4. The fraction of sp³-hybridized carbons (Fsp3) is 0.667. The van der Waals surface area contributed by atoms with Gasteiger partial charge in [-0.15, -0.1) is 0 Å². The molecule has 0 aliphatic heterocycles. The van der Waals surface area contributed by atoms with E-state index in [1.165, 1.54) is 70.6 Å². The fourth-order valence-electron chi connectivity index (χ4n) is 9.70. The Labute approximate surface area is 600 Å². The molecule has 0 rings (SSSR count). The molecule has 0 aromatic heterocycles. The van der Waals surface area contributed by atoms with E-state index in [-0.39, 0.29) is 19.3 Å². The van der Waals surface area contributed by atoms with Crippen LogP contribution >= 0.6 is 15.6 Å². The first-order valence-electron chi connectivity index (χ1n) is 38.1. The Kier molecular flexibility index (Phi) is 69.8. The maximum absolute atomic E-state index is 13.0. The van der Waals surface area contributed by atoms with Crippen LogP contribution in [0.4, 0.5) is 0 Å². The van der Waals surface area contributed by atoms with Crippen molar-refractivity contribution in [3.05, 3.63) is 146 Å². The van der Waals surface area contributed by atoms with Crippen molar-refractivity contribution in [3.63, 3.8) is 0 Å². The second kappa shape index (κ2) is 73.2. The summed E-state index contributed by atoms with van der Waals surface area (Å²) >= 11 is 0. The summed E-state index contributed by atoms with van der Waals surface area (Å²) in [6, 6.07) is 0. The van der Waals surface area contributed by atoms with Crippen LogP contribution in [0.3, 0.4) is 0 Å². The largest absolute Gasteiger partial charge is 0.472 e. The van der Waals surface area contributed by atoms with Crippen molar-refractivity contribution in [2.75, 3.05) is 39.6 Å². The number of unbranched alkanes of at least 4 members (excludes halogenated alkanes) is 24. The number of hydrogen-bond donors (Lipinski definition) is 4. The number of carbonyl (C=O) groups excluding carboxylic acids is 3. The highest BCUT2D eigenvalue weighted by molar-refractivity contribution is 7.47. The molecule has 5 unspecified atom stereocenters. The third kappa shape index (κ3) is 74.4. The van der Waals surface area contributed by atoms with E-state index in [4.69, 9.17) is 32.3 Å². The van der Waals surface area contributed by atoms with Gasteiger partial charge in [0.1, 0.15) is 25.4 Å². The molecule has 16 nitrogen and oxygen atoms in total. The predicted octanol–water partition coefficient (Wildman–Crippen LogP) is 22.1. The second-order valence-corrected chi connectivity index (χ2v) is 28.0. The van der Waals surface area contributed by atoms with Crippen molar-refractivity contribution in [1.29, 1.82) is 0 Å². The molecule has 0 heterocycles. The van der Waals surface area contributed by atoms with E-state index in [9.17, 15) is 43.5 Å². The lowest BCUT2D eigenvalue weighted by molar-refractivity contribution is -0.161. The molecule has 0 saturated carbocycles. The van der Waals surface area contributed by atoms with E-state index in [2.05, 4.69) is 167 Å². The molecule has 0 aliphatic carbocycles. The average molecular weight is 1430 g/mol. The average Bonchev–Trinajstić information content (AvgIpc) is 1.84. The Bertz CT molecular complexity index is 2380. The van der Waals surface area contributed by atoms with Crippen LogP contribution in [-0.2, 0) is 55.8 Å². The molecule has 0 spiro atoms. The second-order valence-electron chi connectivity index (χ2n) is 25.1. The smallest absolute Gasteiger partial charge is 0.463 e. The molecule has 4 N–H and O–H groups in total. The number of carbonyl (C=O) groups is 3. The summed E-state index contributed by atoms with van der Waals surface area (Å²) in [6.07, 6.45) is 88.8. The monoisotopic (exact) mass is 1430 g/mol. The Hall–Kier alpha value is -4.57. The molecule has 18 heteroatoms. The standard InChI is InChI=1S/C81H136O16P2/c1-4-7-10-13-16-19-22-25-28-30-32-34-36-37-39-41-42-44-47-49-52-55-58-61-64-67-79(84)91-70-76(82)71-93-98(87,88)94-72-77(83)73-95-99(89,90)96-75-78(97-81(86)69-66-63-60-57-54-51-46-27-24-21-18-15-12-9-6-3)74-92-80(85)68-65-62-59-56-53-50-48-45-43-40-38-35-33-31-29-26-23-20-17-14-11-8-5-2/h8,11,16-21,25-29,32-35,37,39-40,43,46,48,50,76-78,82-83H,4-7,9-10,12-15,22-24,30-31,36,38,41-42,44-45,47,49,51-75H2,1-3H3,(H,87,88)(H,89,90)/b11-8-,19-16-,20-17-,21-18-,28-25-,29-26-,34-32-,35-33-,39-37-,43-40-,46-27-,50-48-. The molecule has 0 fully saturated rings. The molecule has 0 amide bonds. The van der Waals surface area contributed by atoms with Crippen molar-refractivity contribution in [2.45, 2.75) is 309 Å². The van der Waals surface area contributed by atoms with E-state index in [0.717, 1.165) is 161 Å². The molecule has 0 saturated heterocycles. The molecular formula is C81H136O16P2. The summed E-state index contributed by atoms with van der Waals surface area (Å²) in [5.74, 6) is -1.63. The molecule has 0 radical (unpaired) electrons. The number of aliphatic hydroxyl groups excluding tert-OH is 2.